The molecule has 0 saturated heterocycles. The molecule has 0 fully saturated rings. The average molecular weight is 338 g/mol. The zero-order valence-electron chi connectivity index (χ0n) is 11.5. The first kappa shape index (κ1) is 15.0. The summed E-state index contributed by atoms with van der Waals surface area (Å²) in [6.07, 6.45) is 0.546. The van der Waals surface area contributed by atoms with E-state index < -0.39 is 5.54 Å². The van der Waals surface area contributed by atoms with E-state index in [-0.39, 0.29) is 5.82 Å². The Hall–Kier alpha value is -1.39. The second kappa shape index (κ2) is 5.94. The minimum atomic E-state index is -0.775. The first-order valence-corrected chi connectivity index (χ1v) is 7.09. The molecule has 1 atom stereocenters. The van der Waals surface area contributed by atoms with Gasteiger partial charge in [0, 0.05) is 11.1 Å². The van der Waals surface area contributed by atoms with Crippen LogP contribution in [0.15, 0.2) is 46.9 Å². The molecule has 0 amide bonds. The lowest BCUT2D eigenvalue weighted by atomic mass is 9.86. The van der Waals surface area contributed by atoms with Gasteiger partial charge in [-0.25, -0.2) is 4.39 Å². The van der Waals surface area contributed by atoms with Gasteiger partial charge in [-0.2, -0.15) is 0 Å². The van der Waals surface area contributed by atoms with Crippen molar-refractivity contribution in [1.82, 2.24) is 0 Å². The van der Waals surface area contributed by atoms with Gasteiger partial charge in [-0.3, -0.25) is 0 Å². The van der Waals surface area contributed by atoms with Crippen LogP contribution in [0.2, 0.25) is 0 Å². The largest absolute Gasteiger partial charge is 0.497 e. The molecule has 106 valence electrons. The summed E-state index contributed by atoms with van der Waals surface area (Å²) in [5.74, 6) is 0.493. The fraction of sp³-hybridized carbons (Fsp3) is 0.250. The molecule has 2 aromatic rings. The number of ether oxygens (including phenoxy) is 1. The molecule has 2 rings (SSSR count). The van der Waals surface area contributed by atoms with Crippen molar-refractivity contribution in [3.8, 4) is 5.75 Å². The fourth-order valence-corrected chi connectivity index (χ4v) is 2.57. The Labute approximate surface area is 126 Å². The van der Waals surface area contributed by atoms with Crippen LogP contribution < -0.4 is 10.5 Å². The van der Waals surface area contributed by atoms with Gasteiger partial charge in [-0.1, -0.05) is 24.3 Å². The molecule has 0 radical (unpaired) electrons. The number of nitrogens with two attached hydrogens (primary N) is 1. The lowest BCUT2D eigenvalue weighted by Gasteiger charge is -2.26. The summed E-state index contributed by atoms with van der Waals surface area (Å²) in [6, 6.07) is 12.8. The molecule has 0 saturated carbocycles. The molecule has 2 nitrogen and oxygen atoms in total. The normalized spacial score (nSPS) is 13.8. The quantitative estimate of drug-likeness (QED) is 0.914. The van der Waals surface area contributed by atoms with Crippen LogP contribution in [0.4, 0.5) is 4.39 Å². The van der Waals surface area contributed by atoms with Crippen molar-refractivity contribution in [2.75, 3.05) is 7.11 Å². The van der Waals surface area contributed by atoms with Crippen molar-refractivity contribution in [3.63, 3.8) is 0 Å². The summed E-state index contributed by atoms with van der Waals surface area (Å²) < 4.78 is 19.7. The first-order valence-electron chi connectivity index (χ1n) is 6.30. The van der Waals surface area contributed by atoms with E-state index in [2.05, 4.69) is 15.9 Å². The van der Waals surface area contributed by atoms with Gasteiger partial charge in [0.05, 0.1) is 11.6 Å². The summed E-state index contributed by atoms with van der Waals surface area (Å²) in [4.78, 5) is 0. The Morgan fingerprint density at radius 1 is 1.20 bits per heavy atom. The van der Waals surface area contributed by atoms with Gasteiger partial charge in [0.15, 0.2) is 0 Å². The van der Waals surface area contributed by atoms with E-state index in [4.69, 9.17) is 10.5 Å². The summed E-state index contributed by atoms with van der Waals surface area (Å²) in [6.45, 7) is 1.84. The van der Waals surface area contributed by atoms with E-state index in [0.717, 1.165) is 11.3 Å². The van der Waals surface area contributed by atoms with E-state index in [0.29, 0.717) is 16.5 Å². The van der Waals surface area contributed by atoms with Crippen molar-refractivity contribution in [2.24, 2.45) is 5.73 Å². The summed E-state index contributed by atoms with van der Waals surface area (Å²) in [5, 5.41) is 0. The number of rotatable bonds is 4. The first-order chi connectivity index (χ1) is 9.44. The molecule has 4 heteroatoms. The van der Waals surface area contributed by atoms with E-state index in [9.17, 15) is 4.39 Å². The Morgan fingerprint density at radius 2 is 1.85 bits per heavy atom. The predicted molar refractivity (Wildman–Crippen MR) is 82.3 cm³/mol. The third kappa shape index (κ3) is 3.19. The minimum Gasteiger partial charge on any atom is -0.497 e. The van der Waals surface area contributed by atoms with Gasteiger partial charge in [0.25, 0.3) is 0 Å². The molecule has 0 bridgehead atoms. The highest BCUT2D eigenvalue weighted by molar-refractivity contribution is 9.10. The van der Waals surface area contributed by atoms with Crippen LogP contribution in [0.3, 0.4) is 0 Å². The molecule has 0 aromatic heterocycles. The Morgan fingerprint density at radius 3 is 2.45 bits per heavy atom. The van der Waals surface area contributed by atoms with Gasteiger partial charge in [0.2, 0.25) is 0 Å². The Bertz CT molecular complexity index is 596. The smallest absolute Gasteiger partial charge is 0.142 e. The van der Waals surface area contributed by atoms with Gasteiger partial charge in [-0.15, -0.1) is 0 Å². The van der Waals surface area contributed by atoms with Gasteiger partial charge < -0.3 is 10.5 Å². The molecule has 1 unspecified atom stereocenters. The SMILES string of the molecule is COc1ccc(CC(C)(N)c2cccc(Br)c2F)cc1. The Kier molecular flexibility index (Phi) is 4.45. The van der Waals surface area contributed by atoms with Crippen molar-refractivity contribution < 1.29 is 9.13 Å². The maximum Gasteiger partial charge on any atom is 0.142 e. The number of methoxy groups -OCH3 is 1. The third-order valence-electron chi connectivity index (χ3n) is 3.30. The minimum absolute atomic E-state index is 0.300. The molecular formula is C16H17BrFNO. The molecule has 2 N–H and O–H groups in total. The van der Waals surface area contributed by atoms with Crippen LogP contribution in [0.25, 0.3) is 0 Å². The highest BCUT2D eigenvalue weighted by atomic mass is 79.9. The second-order valence-corrected chi connectivity index (χ2v) is 5.90. The fourth-order valence-electron chi connectivity index (χ4n) is 2.21. The van der Waals surface area contributed by atoms with Crippen molar-refractivity contribution in [1.29, 1.82) is 0 Å². The molecule has 20 heavy (non-hydrogen) atoms. The van der Waals surface area contributed by atoms with Crippen molar-refractivity contribution in [2.45, 2.75) is 18.9 Å². The van der Waals surface area contributed by atoms with Crippen LogP contribution in [0, 0.1) is 5.82 Å². The number of benzene rings is 2. The van der Waals surface area contributed by atoms with Crippen LogP contribution in [0.5, 0.6) is 5.75 Å². The van der Waals surface area contributed by atoms with Crippen LogP contribution >= 0.6 is 15.9 Å². The van der Waals surface area contributed by atoms with Gasteiger partial charge in [-0.05, 0) is 53.0 Å². The lowest BCUT2D eigenvalue weighted by Crippen LogP contribution is -2.36. The van der Waals surface area contributed by atoms with E-state index in [1.165, 1.54) is 0 Å². The van der Waals surface area contributed by atoms with Gasteiger partial charge >= 0.3 is 0 Å². The van der Waals surface area contributed by atoms with E-state index in [1.54, 1.807) is 25.3 Å². The van der Waals surface area contributed by atoms with Crippen LogP contribution in [0.1, 0.15) is 18.1 Å². The maximum absolute atomic E-state index is 14.2. The predicted octanol–water partition coefficient (Wildman–Crippen LogP) is 4.01. The van der Waals surface area contributed by atoms with E-state index >= 15 is 0 Å². The number of hydrogen-bond donors (Lipinski definition) is 1. The number of hydrogen-bond acceptors (Lipinski definition) is 2. The highest BCUT2D eigenvalue weighted by Crippen LogP contribution is 2.29. The molecule has 0 spiro atoms. The molecule has 0 aliphatic rings. The van der Waals surface area contributed by atoms with Crippen LogP contribution in [-0.4, -0.2) is 7.11 Å². The number of halogens is 2. The topological polar surface area (TPSA) is 35.2 Å². The average Bonchev–Trinajstić information content (AvgIpc) is 2.42. The standard InChI is InChI=1S/C16H17BrFNO/c1-16(19,13-4-3-5-14(17)15(13)18)10-11-6-8-12(20-2)9-7-11/h3-9H,10,19H2,1-2H3. The third-order valence-corrected chi connectivity index (χ3v) is 3.91. The van der Waals surface area contributed by atoms with Crippen LogP contribution in [-0.2, 0) is 12.0 Å². The van der Waals surface area contributed by atoms with Crippen molar-refractivity contribution >= 4 is 15.9 Å². The Balaban J connectivity index is 2.27. The highest BCUT2D eigenvalue weighted by Gasteiger charge is 2.26. The monoisotopic (exact) mass is 337 g/mol. The summed E-state index contributed by atoms with van der Waals surface area (Å²) in [7, 11) is 1.62. The molecular weight excluding hydrogens is 321 g/mol. The molecule has 0 heterocycles. The molecule has 0 aliphatic heterocycles. The summed E-state index contributed by atoms with van der Waals surface area (Å²) >= 11 is 3.20. The van der Waals surface area contributed by atoms with E-state index in [1.807, 2.05) is 31.2 Å². The zero-order valence-corrected chi connectivity index (χ0v) is 13.1. The maximum atomic E-state index is 14.2. The molecule has 0 aliphatic carbocycles. The lowest BCUT2D eigenvalue weighted by molar-refractivity contribution is 0.414. The molecule has 2 aromatic carbocycles. The zero-order chi connectivity index (χ0) is 14.8. The second-order valence-electron chi connectivity index (χ2n) is 5.04. The van der Waals surface area contributed by atoms with Gasteiger partial charge in [0.1, 0.15) is 11.6 Å². The summed E-state index contributed by atoms with van der Waals surface area (Å²) in [5.41, 5.74) is 7.08. The van der Waals surface area contributed by atoms with Crippen molar-refractivity contribution in [3.05, 3.63) is 63.9 Å².